The lowest BCUT2D eigenvalue weighted by atomic mass is 9.90. The smallest absolute Gasteiger partial charge is 0.123 e. The molecule has 1 aromatic carbocycles. The summed E-state index contributed by atoms with van der Waals surface area (Å²) in [6, 6.07) is 6.21. The Labute approximate surface area is 115 Å². The molecule has 1 aliphatic rings. The summed E-state index contributed by atoms with van der Waals surface area (Å²) in [5.41, 5.74) is 1.19. The second-order valence-corrected chi connectivity index (χ2v) is 5.55. The molecule has 0 aliphatic heterocycles. The number of methoxy groups -OCH3 is 1. The van der Waals surface area contributed by atoms with E-state index in [4.69, 9.17) is 16.3 Å². The standard InChI is InChI=1S/C15H22ClNO/c1-4-17-15(10(2)11-5-6-11)13-9-12(16)7-8-14(13)18-3/h7-11,15,17H,4-6H2,1-3H3. The zero-order valence-corrected chi connectivity index (χ0v) is 12.1. The Morgan fingerprint density at radius 1 is 1.44 bits per heavy atom. The quantitative estimate of drug-likeness (QED) is 0.840. The monoisotopic (exact) mass is 267 g/mol. The van der Waals surface area contributed by atoms with Crippen molar-refractivity contribution in [1.29, 1.82) is 0 Å². The van der Waals surface area contributed by atoms with Crippen LogP contribution in [-0.4, -0.2) is 13.7 Å². The highest BCUT2D eigenvalue weighted by Crippen LogP contribution is 2.44. The fourth-order valence-electron chi connectivity index (χ4n) is 2.64. The first kappa shape index (κ1) is 13.7. The molecule has 0 saturated heterocycles. The number of hydrogen-bond acceptors (Lipinski definition) is 2. The Balaban J connectivity index is 2.30. The fourth-order valence-corrected chi connectivity index (χ4v) is 2.82. The molecule has 2 unspecified atom stereocenters. The van der Waals surface area contributed by atoms with Crippen LogP contribution >= 0.6 is 11.6 Å². The molecule has 1 aromatic rings. The maximum Gasteiger partial charge on any atom is 0.123 e. The van der Waals surface area contributed by atoms with E-state index >= 15 is 0 Å². The van der Waals surface area contributed by atoms with Gasteiger partial charge in [0.25, 0.3) is 0 Å². The van der Waals surface area contributed by atoms with Crippen LogP contribution in [0.4, 0.5) is 0 Å². The van der Waals surface area contributed by atoms with Crippen LogP contribution < -0.4 is 10.1 Å². The van der Waals surface area contributed by atoms with E-state index in [0.29, 0.717) is 12.0 Å². The average molecular weight is 268 g/mol. The zero-order chi connectivity index (χ0) is 13.1. The van der Waals surface area contributed by atoms with Gasteiger partial charge in [0.15, 0.2) is 0 Å². The highest BCUT2D eigenvalue weighted by atomic mass is 35.5. The molecule has 1 N–H and O–H groups in total. The first-order valence-electron chi connectivity index (χ1n) is 6.74. The van der Waals surface area contributed by atoms with Crippen LogP contribution in [0.5, 0.6) is 5.75 Å². The van der Waals surface area contributed by atoms with Crippen LogP contribution in [0, 0.1) is 11.8 Å². The lowest BCUT2D eigenvalue weighted by Crippen LogP contribution is -2.28. The van der Waals surface area contributed by atoms with Crippen molar-refractivity contribution < 1.29 is 4.74 Å². The van der Waals surface area contributed by atoms with Gasteiger partial charge in [-0.25, -0.2) is 0 Å². The van der Waals surface area contributed by atoms with Crippen molar-refractivity contribution in [1.82, 2.24) is 5.32 Å². The maximum absolute atomic E-state index is 6.13. The van der Waals surface area contributed by atoms with Gasteiger partial charge in [-0.2, -0.15) is 0 Å². The molecule has 0 bridgehead atoms. The second-order valence-electron chi connectivity index (χ2n) is 5.12. The first-order chi connectivity index (χ1) is 8.67. The van der Waals surface area contributed by atoms with Gasteiger partial charge in [0.2, 0.25) is 0 Å². The predicted molar refractivity (Wildman–Crippen MR) is 76.3 cm³/mol. The molecule has 0 heterocycles. The Bertz CT molecular complexity index is 403. The number of halogens is 1. The summed E-state index contributed by atoms with van der Waals surface area (Å²) in [6.07, 6.45) is 2.71. The van der Waals surface area contributed by atoms with E-state index in [2.05, 4.69) is 19.2 Å². The van der Waals surface area contributed by atoms with E-state index in [0.717, 1.165) is 23.2 Å². The average Bonchev–Trinajstić information content (AvgIpc) is 3.19. The van der Waals surface area contributed by atoms with Gasteiger partial charge in [-0.05, 0) is 49.4 Å². The summed E-state index contributed by atoms with van der Waals surface area (Å²) in [7, 11) is 1.72. The molecule has 3 heteroatoms. The van der Waals surface area contributed by atoms with Crippen LogP contribution in [-0.2, 0) is 0 Å². The third-order valence-electron chi connectivity index (χ3n) is 3.84. The molecule has 1 saturated carbocycles. The Morgan fingerprint density at radius 3 is 2.72 bits per heavy atom. The van der Waals surface area contributed by atoms with Crippen molar-refractivity contribution >= 4 is 11.6 Å². The van der Waals surface area contributed by atoms with Crippen molar-refractivity contribution in [3.63, 3.8) is 0 Å². The summed E-state index contributed by atoms with van der Waals surface area (Å²) >= 11 is 6.13. The summed E-state index contributed by atoms with van der Waals surface area (Å²) in [5, 5.41) is 4.36. The van der Waals surface area contributed by atoms with Crippen molar-refractivity contribution in [3.8, 4) is 5.75 Å². The van der Waals surface area contributed by atoms with Crippen LogP contribution in [0.25, 0.3) is 0 Å². The summed E-state index contributed by atoms with van der Waals surface area (Å²) in [6.45, 7) is 5.42. The van der Waals surface area contributed by atoms with E-state index < -0.39 is 0 Å². The van der Waals surface area contributed by atoms with Crippen molar-refractivity contribution in [2.24, 2.45) is 11.8 Å². The molecule has 0 radical (unpaired) electrons. The summed E-state index contributed by atoms with van der Waals surface area (Å²) in [5.74, 6) is 2.40. The minimum absolute atomic E-state index is 0.330. The van der Waals surface area contributed by atoms with Gasteiger partial charge in [0, 0.05) is 16.6 Å². The maximum atomic E-state index is 6.13. The topological polar surface area (TPSA) is 21.3 Å². The minimum atomic E-state index is 0.330. The highest BCUT2D eigenvalue weighted by molar-refractivity contribution is 6.30. The van der Waals surface area contributed by atoms with Crippen LogP contribution in [0.2, 0.25) is 5.02 Å². The molecule has 2 rings (SSSR count). The van der Waals surface area contributed by atoms with Gasteiger partial charge >= 0.3 is 0 Å². The van der Waals surface area contributed by atoms with Crippen LogP contribution in [0.3, 0.4) is 0 Å². The molecule has 100 valence electrons. The van der Waals surface area contributed by atoms with Crippen molar-refractivity contribution in [2.75, 3.05) is 13.7 Å². The molecule has 2 nitrogen and oxygen atoms in total. The van der Waals surface area contributed by atoms with Gasteiger partial charge in [-0.1, -0.05) is 25.4 Å². The fraction of sp³-hybridized carbons (Fsp3) is 0.600. The highest BCUT2D eigenvalue weighted by Gasteiger charge is 2.34. The largest absolute Gasteiger partial charge is 0.496 e. The van der Waals surface area contributed by atoms with Gasteiger partial charge in [-0.15, -0.1) is 0 Å². The molecular formula is C15H22ClNO. The molecule has 0 spiro atoms. The number of nitrogens with one attached hydrogen (secondary N) is 1. The van der Waals surface area contributed by atoms with E-state index in [9.17, 15) is 0 Å². The number of hydrogen-bond donors (Lipinski definition) is 1. The summed E-state index contributed by atoms with van der Waals surface area (Å²) < 4.78 is 5.48. The van der Waals surface area contributed by atoms with E-state index in [1.807, 2.05) is 18.2 Å². The van der Waals surface area contributed by atoms with E-state index in [-0.39, 0.29) is 0 Å². The lowest BCUT2D eigenvalue weighted by molar-refractivity contribution is 0.336. The Hall–Kier alpha value is -0.730. The summed E-state index contributed by atoms with van der Waals surface area (Å²) in [4.78, 5) is 0. The third-order valence-corrected chi connectivity index (χ3v) is 4.08. The van der Waals surface area contributed by atoms with Gasteiger partial charge in [-0.3, -0.25) is 0 Å². The zero-order valence-electron chi connectivity index (χ0n) is 11.4. The van der Waals surface area contributed by atoms with Gasteiger partial charge in [0.05, 0.1) is 7.11 Å². The number of rotatable bonds is 6. The molecule has 1 fully saturated rings. The van der Waals surface area contributed by atoms with Crippen LogP contribution in [0.15, 0.2) is 18.2 Å². The van der Waals surface area contributed by atoms with Crippen molar-refractivity contribution in [2.45, 2.75) is 32.7 Å². The lowest BCUT2D eigenvalue weighted by Gasteiger charge is -2.27. The molecule has 0 aromatic heterocycles. The SMILES string of the molecule is CCNC(c1cc(Cl)ccc1OC)C(C)C1CC1. The molecule has 2 atom stereocenters. The molecule has 18 heavy (non-hydrogen) atoms. The molecule has 1 aliphatic carbocycles. The first-order valence-corrected chi connectivity index (χ1v) is 7.12. The van der Waals surface area contributed by atoms with Crippen molar-refractivity contribution in [3.05, 3.63) is 28.8 Å². The predicted octanol–water partition coefficient (Wildman–Crippen LogP) is 4.05. The molecule has 0 amide bonds. The van der Waals surface area contributed by atoms with Gasteiger partial charge < -0.3 is 10.1 Å². The van der Waals surface area contributed by atoms with E-state index in [1.165, 1.54) is 18.4 Å². The minimum Gasteiger partial charge on any atom is -0.496 e. The van der Waals surface area contributed by atoms with Gasteiger partial charge in [0.1, 0.15) is 5.75 Å². The molecular weight excluding hydrogens is 246 g/mol. The number of ether oxygens (including phenoxy) is 1. The normalized spacial score (nSPS) is 18.4. The van der Waals surface area contributed by atoms with Crippen LogP contribution in [0.1, 0.15) is 38.3 Å². The Morgan fingerprint density at radius 2 is 2.17 bits per heavy atom. The Kier molecular flexibility index (Phi) is 4.52. The third kappa shape index (κ3) is 2.99. The second kappa shape index (κ2) is 5.94. The number of benzene rings is 1. The van der Waals surface area contributed by atoms with E-state index in [1.54, 1.807) is 7.11 Å².